The van der Waals surface area contributed by atoms with E-state index in [2.05, 4.69) is 29.8 Å². The van der Waals surface area contributed by atoms with Gasteiger partial charge >= 0.3 is 5.97 Å². The molecule has 246 valence electrons. The molecule has 0 saturated carbocycles. The largest absolute Gasteiger partial charge is 0.481 e. The van der Waals surface area contributed by atoms with Crippen LogP contribution in [-0.2, 0) is 19.2 Å². The first-order valence-electron chi connectivity index (χ1n) is 17.5. The number of aliphatic carboxylic acids is 1. The van der Waals surface area contributed by atoms with Crippen molar-refractivity contribution in [2.45, 2.75) is 180 Å². The number of carboxylic acid groups (broad SMARTS) is 1. The maximum absolute atomic E-state index is 12.8. The Bertz CT molecular complexity index is 686. The van der Waals surface area contributed by atoms with Crippen LogP contribution in [0.2, 0.25) is 0 Å². The highest BCUT2D eigenvalue weighted by Gasteiger charge is 2.21. The molecule has 0 bridgehead atoms. The van der Waals surface area contributed by atoms with Crippen LogP contribution in [0.15, 0.2) is 0 Å². The Labute approximate surface area is 257 Å². The Morgan fingerprint density at radius 2 is 0.929 bits per heavy atom. The molecule has 0 fully saturated rings. The molecule has 0 spiro atoms. The van der Waals surface area contributed by atoms with E-state index < -0.39 is 12.0 Å². The fourth-order valence-corrected chi connectivity index (χ4v) is 5.09. The number of carbonyl (C=O) groups excluding carboxylic acids is 3. The van der Waals surface area contributed by atoms with E-state index >= 15 is 0 Å². The first-order chi connectivity index (χ1) is 20.4. The number of unbranched alkanes of at least 4 members (excludes halogenated alkanes) is 18. The van der Waals surface area contributed by atoms with Gasteiger partial charge in [-0.05, 0) is 25.7 Å². The number of hydrogen-bond acceptors (Lipinski definition) is 4. The Balaban J connectivity index is 4.25. The van der Waals surface area contributed by atoms with Crippen molar-refractivity contribution >= 4 is 23.7 Å². The summed E-state index contributed by atoms with van der Waals surface area (Å²) in [5.41, 5.74) is 0. The number of carboxylic acids is 1. The summed E-state index contributed by atoms with van der Waals surface area (Å²) in [5.74, 6) is -1.70. The van der Waals surface area contributed by atoms with E-state index in [1.165, 1.54) is 96.3 Å². The molecule has 0 aliphatic heterocycles. The van der Waals surface area contributed by atoms with Crippen LogP contribution in [0.5, 0.6) is 0 Å². The molecule has 0 heterocycles. The van der Waals surface area contributed by atoms with Crippen molar-refractivity contribution in [3.05, 3.63) is 0 Å². The Morgan fingerprint density at radius 3 is 1.38 bits per heavy atom. The molecule has 0 aliphatic carbocycles. The summed E-state index contributed by atoms with van der Waals surface area (Å²) in [4.78, 5) is 48.3. The normalized spacial score (nSPS) is 11.7. The predicted molar refractivity (Wildman–Crippen MR) is 172 cm³/mol. The van der Waals surface area contributed by atoms with Crippen LogP contribution in [0, 0.1) is 0 Å². The van der Waals surface area contributed by atoms with Crippen LogP contribution in [0.25, 0.3) is 0 Å². The van der Waals surface area contributed by atoms with E-state index in [-0.39, 0.29) is 49.8 Å². The van der Waals surface area contributed by atoms with Gasteiger partial charge < -0.3 is 21.1 Å². The number of carbonyl (C=O) groups is 4. The van der Waals surface area contributed by atoms with Crippen LogP contribution in [0.3, 0.4) is 0 Å². The molecule has 0 radical (unpaired) electrons. The molecule has 42 heavy (non-hydrogen) atoms. The second-order valence-corrected chi connectivity index (χ2v) is 11.9. The number of amides is 3. The zero-order chi connectivity index (χ0) is 31.1. The van der Waals surface area contributed by atoms with Gasteiger partial charge in [-0.1, -0.05) is 129 Å². The lowest BCUT2D eigenvalue weighted by atomic mass is 10.1. The van der Waals surface area contributed by atoms with Gasteiger partial charge in [-0.25, -0.2) is 0 Å². The quantitative estimate of drug-likeness (QED) is 0.0615. The smallest absolute Gasteiger partial charge is 0.303 e. The van der Waals surface area contributed by atoms with Gasteiger partial charge in [0.1, 0.15) is 6.04 Å². The molecule has 1 atom stereocenters. The van der Waals surface area contributed by atoms with E-state index in [0.717, 1.165) is 32.1 Å². The van der Waals surface area contributed by atoms with Gasteiger partial charge in [-0.15, -0.1) is 0 Å². The molecule has 0 aliphatic rings. The van der Waals surface area contributed by atoms with Crippen molar-refractivity contribution in [1.29, 1.82) is 0 Å². The third-order valence-electron chi connectivity index (χ3n) is 7.79. The Morgan fingerprint density at radius 1 is 0.500 bits per heavy atom. The summed E-state index contributed by atoms with van der Waals surface area (Å²) in [5, 5.41) is 17.4. The molecule has 0 unspecified atom stereocenters. The van der Waals surface area contributed by atoms with Gasteiger partial charge in [-0.3, -0.25) is 19.2 Å². The minimum absolute atomic E-state index is 0.0411. The molecule has 8 nitrogen and oxygen atoms in total. The highest BCUT2D eigenvalue weighted by Crippen LogP contribution is 2.11. The molecule has 3 amide bonds. The lowest BCUT2D eigenvalue weighted by molar-refractivity contribution is -0.137. The van der Waals surface area contributed by atoms with Crippen LogP contribution < -0.4 is 16.0 Å². The zero-order valence-corrected chi connectivity index (χ0v) is 27.2. The molecule has 0 aromatic carbocycles. The Kier molecular flexibility index (Phi) is 28.8. The van der Waals surface area contributed by atoms with Crippen molar-refractivity contribution in [1.82, 2.24) is 16.0 Å². The summed E-state index contributed by atoms with van der Waals surface area (Å²) in [6, 6.07) is -0.798. The molecular weight excluding hydrogens is 530 g/mol. The maximum atomic E-state index is 12.8. The lowest BCUT2D eigenvalue weighted by Gasteiger charge is -2.18. The van der Waals surface area contributed by atoms with E-state index in [4.69, 9.17) is 5.11 Å². The van der Waals surface area contributed by atoms with Gasteiger partial charge in [0, 0.05) is 32.4 Å². The van der Waals surface area contributed by atoms with Crippen LogP contribution in [-0.4, -0.2) is 47.9 Å². The topological polar surface area (TPSA) is 125 Å². The second-order valence-electron chi connectivity index (χ2n) is 11.9. The number of hydrogen-bond donors (Lipinski definition) is 4. The fourth-order valence-electron chi connectivity index (χ4n) is 5.09. The average molecular weight is 596 g/mol. The molecule has 0 rings (SSSR count). The summed E-state index contributed by atoms with van der Waals surface area (Å²) in [7, 11) is 0. The van der Waals surface area contributed by atoms with E-state index in [9.17, 15) is 19.2 Å². The third kappa shape index (κ3) is 28.0. The maximum Gasteiger partial charge on any atom is 0.303 e. The SMILES string of the molecule is CCCCCCCCCCCCNC(=O)CC[C@H](NC(=O)CCCC(=O)O)C(=O)NCCCCCCCCCCCC. The lowest BCUT2D eigenvalue weighted by Crippen LogP contribution is -2.47. The first kappa shape index (κ1) is 39.9. The monoisotopic (exact) mass is 595 g/mol. The Hall–Kier alpha value is -2.12. The summed E-state index contributed by atoms with van der Waals surface area (Å²) < 4.78 is 0. The predicted octanol–water partition coefficient (Wildman–Crippen LogP) is 7.58. The van der Waals surface area contributed by atoms with Crippen LogP contribution in [0.4, 0.5) is 0 Å². The molecular formula is C34H65N3O5. The zero-order valence-electron chi connectivity index (χ0n) is 27.2. The summed E-state index contributed by atoms with van der Waals surface area (Å²) in [6.45, 7) is 5.65. The highest BCUT2D eigenvalue weighted by atomic mass is 16.4. The van der Waals surface area contributed by atoms with Crippen molar-refractivity contribution in [3.63, 3.8) is 0 Å². The second kappa shape index (κ2) is 30.3. The minimum Gasteiger partial charge on any atom is -0.481 e. The van der Waals surface area contributed by atoms with Crippen molar-refractivity contribution < 1.29 is 24.3 Å². The number of nitrogens with one attached hydrogen (secondary N) is 3. The van der Waals surface area contributed by atoms with Crippen LogP contribution >= 0.6 is 0 Å². The van der Waals surface area contributed by atoms with Crippen molar-refractivity contribution in [2.75, 3.05) is 13.1 Å². The third-order valence-corrected chi connectivity index (χ3v) is 7.79. The van der Waals surface area contributed by atoms with Gasteiger partial charge in [0.2, 0.25) is 17.7 Å². The first-order valence-corrected chi connectivity index (χ1v) is 17.5. The minimum atomic E-state index is -0.951. The van der Waals surface area contributed by atoms with Gasteiger partial charge in [0.05, 0.1) is 0 Å². The molecule has 0 aromatic rings. The molecule has 8 heteroatoms. The van der Waals surface area contributed by atoms with Gasteiger partial charge in [-0.2, -0.15) is 0 Å². The number of rotatable bonds is 31. The summed E-state index contributed by atoms with van der Waals surface area (Å²) in [6.07, 6.45) is 25.1. The van der Waals surface area contributed by atoms with E-state index in [1.54, 1.807) is 0 Å². The molecule has 0 aromatic heterocycles. The highest BCUT2D eigenvalue weighted by molar-refractivity contribution is 5.88. The van der Waals surface area contributed by atoms with Crippen LogP contribution in [0.1, 0.15) is 174 Å². The van der Waals surface area contributed by atoms with Crippen molar-refractivity contribution in [2.24, 2.45) is 0 Å². The summed E-state index contributed by atoms with van der Waals surface area (Å²) >= 11 is 0. The van der Waals surface area contributed by atoms with Gasteiger partial charge in [0.25, 0.3) is 0 Å². The average Bonchev–Trinajstić information content (AvgIpc) is 2.96. The van der Waals surface area contributed by atoms with E-state index in [1.807, 2.05) is 0 Å². The van der Waals surface area contributed by atoms with E-state index in [0.29, 0.717) is 13.1 Å². The van der Waals surface area contributed by atoms with Crippen molar-refractivity contribution in [3.8, 4) is 0 Å². The fraction of sp³-hybridized carbons (Fsp3) is 0.882. The molecule has 0 saturated heterocycles. The molecule has 4 N–H and O–H groups in total. The van der Waals surface area contributed by atoms with Gasteiger partial charge in [0.15, 0.2) is 0 Å². The standard InChI is InChI=1S/C34H65N3O5/c1-3-5-7-9-11-13-15-17-19-21-28-35-31(38)27-26-30(37-32(39)24-23-25-33(40)41)34(42)36-29-22-20-18-16-14-12-10-8-6-4-2/h30H,3-29H2,1-2H3,(H,35,38)(H,36,42)(H,37,39)(H,40,41)/t30-/m0/s1.